The van der Waals surface area contributed by atoms with Gasteiger partial charge in [-0.3, -0.25) is 23.4 Å². The fourth-order valence-corrected chi connectivity index (χ4v) is 5.37. The second kappa shape index (κ2) is 11.8. The predicted octanol–water partition coefficient (Wildman–Crippen LogP) is 2.15. The number of benzene rings is 2. The highest BCUT2D eigenvalue weighted by atomic mass is 127. The van der Waals surface area contributed by atoms with Crippen LogP contribution in [0.4, 0.5) is 21.5 Å². The van der Waals surface area contributed by atoms with Crippen molar-refractivity contribution in [2.45, 2.75) is 20.4 Å². The van der Waals surface area contributed by atoms with Crippen LogP contribution in [0.3, 0.4) is 0 Å². The van der Waals surface area contributed by atoms with Gasteiger partial charge in [0.15, 0.2) is 0 Å². The van der Waals surface area contributed by atoms with Crippen molar-refractivity contribution in [3.05, 3.63) is 88.6 Å². The summed E-state index contributed by atoms with van der Waals surface area (Å²) in [6.45, 7) is 2.67. The maximum Gasteiger partial charge on any atom is 0.337 e. The van der Waals surface area contributed by atoms with E-state index in [9.17, 15) is 32.3 Å². The van der Waals surface area contributed by atoms with Crippen LogP contribution in [0.15, 0.2) is 56.8 Å². The first-order chi connectivity index (χ1) is 19.3. The fourth-order valence-electron chi connectivity index (χ4n) is 4.38. The molecule has 4 aromatic rings. The largest absolute Gasteiger partial charge is 0.396 e. The summed E-state index contributed by atoms with van der Waals surface area (Å²) in [5.41, 5.74) is -1.82. The van der Waals surface area contributed by atoms with Crippen LogP contribution in [-0.4, -0.2) is 40.9 Å². The average Bonchev–Trinajstić information content (AvgIpc) is 2.93. The van der Waals surface area contributed by atoms with Gasteiger partial charge in [-0.1, -0.05) is 13.0 Å². The Hall–Kier alpha value is -3.54. The molecule has 2 heterocycles. The van der Waals surface area contributed by atoms with E-state index in [1.54, 1.807) is 13.0 Å². The van der Waals surface area contributed by atoms with Gasteiger partial charge in [-0.15, -0.1) is 0 Å². The first kappa shape index (κ1) is 30.4. The first-order valence-corrected chi connectivity index (χ1v) is 14.9. The number of aryl methyl sites for hydroxylation is 1. The lowest BCUT2D eigenvalue weighted by atomic mass is 10.1. The number of anilines is 3. The number of nitrogens with one attached hydrogen (secondary N) is 3. The van der Waals surface area contributed by atoms with Gasteiger partial charge < -0.3 is 10.4 Å². The zero-order valence-corrected chi connectivity index (χ0v) is 25.5. The highest BCUT2D eigenvalue weighted by molar-refractivity contribution is 14.1. The summed E-state index contributed by atoms with van der Waals surface area (Å²) in [6.07, 6.45) is 0. The number of aliphatic hydroxyl groups is 1. The lowest BCUT2D eigenvalue weighted by Gasteiger charge is -2.21. The monoisotopic (exact) mass is 698 g/mol. The van der Waals surface area contributed by atoms with E-state index < -0.39 is 38.8 Å². The number of halogens is 2. The van der Waals surface area contributed by atoms with Gasteiger partial charge in [-0.25, -0.2) is 18.5 Å². The third kappa shape index (κ3) is 5.93. The molecule has 0 fully saturated rings. The van der Waals surface area contributed by atoms with Crippen LogP contribution in [0, 0.1) is 22.2 Å². The highest BCUT2D eigenvalue weighted by Crippen LogP contribution is 2.29. The number of aliphatic hydroxyl groups excluding tert-OH is 1. The summed E-state index contributed by atoms with van der Waals surface area (Å²) < 4.78 is 47.4. The smallest absolute Gasteiger partial charge is 0.337 e. The topological polar surface area (TPSA) is 156 Å². The van der Waals surface area contributed by atoms with Crippen molar-refractivity contribution in [3.8, 4) is 5.69 Å². The molecule has 4 N–H and O–H groups in total. The minimum absolute atomic E-state index is 0.0129. The van der Waals surface area contributed by atoms with Crippen molar-refractivity contribution >= 4 is 60.9 Å². The molecule has 0 aliphatic carbocycles. The normalized spacial score (nSPS) is 12.5. The molecule has 15 heteroatoms. The molecule has 2 aromatic heterocycles. The summed E-state index contributed by atoms with van der Waals surface area (Å²) in [5, 5.41) is 12.5. The van der Waals surface area contributed by atoms with E-state index in [1.165, 1.54) is 57.4 Å². The van der Waals surface area contributed by atoms with Gasteiger partial charge in [0.2, 0.25) is 0 Å². The number of hydrogen-bond acceptors (Lipinski definition) is 7. The number of nitrogens with zero attached hydrogens (tertiary/aromatic N) is 3. The Bertz CT molecular complexity index is 1950. The van der Waals surface area contributed by atoms with Gasteiger partial charge in [-0.05, 0) is 71.8 Å². The van der Waals surface area contributed by atoms with E-state index >= 15 is 0 Å². The van der Waals surface area contributed by atoms with E-state index in [-0.39, 0.29) is 52.5 Å². The summed E-state index contributed by atoms with van der Waals surface area (Å²) in [6, 6.07) is 10.3. The fraction of sp³-hybridized carbons (Fsp3) is 0.269. The molecular formula is C26H28FIN6O6S. The molecular weight excluding hydrogens is 670 g/mol. The summed E-state index contributed by atoms with van der Waals surface area (Å²) in [5.74, 6) is -1.10. The number of hydrogen-bond donors (Lipinski definition) is 4. The van der Waals surface area contributed by atoms with Gasteiger partial charge in [0, 0.05) is 36.4 Å². The summed E-state index contributed by atoms with van der Waals surface area (Å²) in [4.78, 5) is 41.3. The van der Waals surface area contributed by atoms with Crippen molar-refractivity contribution in [1.82, 2.24) is 18.4 Å². The minimum Gasteiger partial charge on any atom is -0.396 e. The molecule has 0 aliphatic rings. The first-order valence-electron chi connectivity index (χ1n) is 12.3. The Morgan fingerprint density at radius 2 is 1.80 bits per heavy atom. The second-order valence-corrected chi connectivity index (χ2v) is 12.4. The molecule has 1 atom stereocenters. The van der Waals surface area contributed by atoms with E-state index in [0.29, 0.717) is 3.57 Å². The van der Waals surface area contributed by atoms with Crippen LogP contribution in [0.2, 0.25) is 0 Å². The molecule has 0 saturated heterocycles. The molecule has 0 unspecified atom stereocenters. The number of fused-ring (bicyclic) bond motifs is 1. The van der Waals surface area contributed by atoms with Crippen molar-refractivity contribution in [3.63, 3.8) is 0 Å². The second-order valence-electron chi connectivity index (χ2n) is 9.49. The molecule has 12 nitrogen and oxygen atoms in total. The quantitative estimate of drug-likeness (QED) is 0.195. The summed E-state index contributed by atoms with van der Waals surface area (Å²) >= 11 is 1.96. The van der Waals surface area contributed by atoms with Gasteiger partial charge in [-0.2, -0.15) is 8.42 Å². The Morgan fingerprint density at radius 3 is 2.44 bits per heavy atom. The number of aromatic nitrogens is 3. The third-order valence-electron chi connectivity index (χ3n) is 6.51. The average molecular weight is 699 g/mol. The Morgan fingerprint density at radius 1 is 1.10 bits per heavy atom. The van der Waals surface area contributed by atoms with Crippen LogP contribution in [0.5, 0.6) is 0 Å². The molecule has 0 spiro atoms. The van der Waals surface area contributed by atoms with Crippen LogP contribution in [-0.2, 0) is 23.8 Å². The number of rotatable bonds is 9. The summed E-state index contributed by atoms with van der Waals surface area (Å²) in [7, 11) is -1.27. The van der Waals surface area contributed by atoms with E-state index in [0.717, 1.165) is 13.7 Å². The van der Waals surface area contributed by atoms with Crippen molar-refractivity contribution in [2.75, 3.05) is 23.7 Å². The van der Waals surface area contributed by atoms with E-state index in [1.807, 2.05) is 22.6 Å². The van der Waals surface area contributed by atoms with E-state index in [2.05, 4.69) is 14.8 Å². The molecule has 0 radical (unpaired) electrons. The standard InChI is InChI=1S/C26H28FIN6O6S/c1-14(13-35)12-33-25(37)21-22(30-20-9-8-16(28)10-19(20)27)15(2)24(36)32(4)23(21)34(26(33)38)18-7-5-6-17(11-18)31-41(39,40)29-3/h5-11,14,29-31,35H,12-13H2,1-4H3/t14-/m1/s1. The zero-order chi connectivity index (χ0) is 30.2. The lowest BCUT2D eigenvalue weighted by Crippen LogP contribution is -2.43. The van der Waals surface area contributed by atoms with Gasteiger partial charge in [0.05, 0.1) is 22.7 Å². The third-order valence-corrected chi connectivity index (χ3v) is 8.22. The van der Waals surface area contributed by atoms with Crippen LogP contribution in [0.1, 0.15) is 12.5 Å². The van der Waals surface area contributed by atoms with Crippen molar-refractivity contribution < 1.29 is 17.9 Å². The number of pyridine rings is 1. The molecule has 0 aliphatic heterocycles. The molecule has 218 valence electrons. The molecule has 2 aromatic carbocycles. The van der Waals surface area contributed by atoms with Crippen molar-refractivity contribution in [1.29, 1.82) is 0 Å². The minimum atomic E-state index is -3.90. The zero-order valence-electron chi connectivity index (χ0n) is 22.5. The Balaban J connectivity index is 2.15. The Kier molecular flexibility index (Phi) is 8.72. The predicted molar refractivity (Wildman–Crippen MR) is 164 cm³/mol. The Labute approximate surface area is 247 Å². The lowest BCUT2D eigenvalue weighted by molar-refractivity contribution is 0.220. The molecule has 41 heavy (non-hydrogen) atoms. The van der Waals surface area contributed by atoms with Crippen LogP contribution < -0.4 is 31.6 Å². The van der Waals surface area contributed by atoms with Crippen LogP contribution in [0.25, 0.3) is 16.7 Å². The van der Waals surface area contributed by atoms with Crippen molar-refractivity contribution in [2.24, 2.45) is 13.0 Å². The molecule has 0 bridgehead atoms. The molecule has 0 amide bonds. The molecule has 0 saturated carbocycles. The van der Waals surface area contributed by atoms with E-state index in [4.69, 9.17) is 0 Å². The highest BCUT2D eigenvalue weighted by Gasteiger charge is 2.24. The van der Waals surface area contributed by atoms with Gasteiger partial charge in [0.1, 0.15) is 16.9 Å². The molecule has 4 rings (SSSR count). The maximum absolute atomic E-state index is 14.9. The van der Waals surface area contributed by atoms with Gasteiger partial charge >= 0.3 is 5.69 Å². The van der Waals surface area contributed by atoms with Crippen LogP contribution >= 0.6 is 22.6 Å². The SMILES string of the molecule is CNS(=O)(=O)Nc1cccc(-n2c(=O)n(C[C@@H](C)CO)c(=O)c3c(Nc4ccc(I)cc4F)c(C)c(=O)n(C)c32)c1. The van der Waals surface area contributed by atoms with Gasteiger partial charge in [0.25, 0.3) is 21.3 Å². The maximum atomic E-state index is 14.9.